The van der Waals surface area contributed by atoms with E-state index >= 15 is 0 Å². The molecule has 0 aromatic heterocycles. The van der Waals surface area contributed by atoms with E-state index < -0.39 is 4.92 Å². The summed E-state index contributed by atoms with van der Waals surface area (Å²) in [5, 5.41) is 14.5. The minimum Gasteiger partial charge on any atom is -0.487 e. The second-order valence-corrected chi connectivity index (χ2v) is 4.64. The summed E-state index contributed by atoms with van der Waals surface area (Å²) < 4.78 is 5.29. The van der Waals surface area contributed by atoms with Crippen LogP contribution in [-0.4, -0.2) is 11.5 Å². The van der Waals surface area contributed by atoms with E-state index in [4.69, 9.17) is 22.1 Å². The number of nitrogen functional groups attached to an aromatic ring is 1. The maximum atomic E-state index is 10.9. The molecule has 21 heavy (non-hydrogen) atoms. The van der Waals surface area contributed by atoms with Crippen LogP contribution in [0.5, 0.6) is 5.75 Å². The molecule has 0 aliphatic heterocycles. The van der Waals surface area contributed by atoms with Gasteiger partial charge in [-0.15, -0.1) is 0 Å². The number of nitrogens with zero attached hydrogens (tertiary/aromatic N) is 1. The van der Waals surface area contributed by atoms with Gasteiger partial charge in [0.15, 0.2) is 5.75 Å². The summed E-state index contributed by atoms with van der Waals surface area (Å²) in [6, 6.07) is 9.57. The fraction of sp³-hybridized carbons (Fsp3) is 0.143. The Balaban J connectivity index is 2.34. The molecule has 2 aromatic carbocycles. The second kappa shape index (κ2) is 6.32. The molecule has 110 valence electrons. The summed E-state index contributed by atoms with van der Waals surface area (Å²) in [5.41, 5.74) is 7.43. The van der Waals surface area contributed by atoms with Crippen molar-refractivity contribution in [3.63, 3.8) is 0 Å². The van der Waals surface area contributed by atoms with Crippen molar-refractivity contribution in [3.05, 3.63) is 51.5 Å². The summed E-state index contributed by atoms with van der Waals surface area (Å²) in [6.45, 7) is 2.10. The van der Waals surface area contributed by atoms with E-state index in [9.17, 15) is 10.1 Å². The highest BCUT2D eigenvalue weighted by atomic mass is 35.5. The Labute approximate surface area is 126 Å². The van der Waals surface area contributed by atoms with Crippen molar-refractivity contribution in [2.24, 2.45) is 0 Å². The molecule has 0 radical (unpaired) electrons. The molecule has 0 bridgehead atoms. The van der Waals surface area contributed by atoms with E-state index in [1.165, 1.54) is 6.07 Å². The number of rotatable bonds is 5. The Bertz CT molecular complexity index is 677. The molecule has 0 unspecified atom stereocenters. The molecule has 7 heteroatoms. The van der Waals surface area contributed by atoms with Gasteiger partial charge in [-0.1, -0.05) is 11.6 Å². The number of anilines is 3. The topological polar surface area (TPSA) is 90.4 Å². The third-order valence-corrected chi connectivity index (χ3v) is 3.06. The second-order valence-electron chi connectivity index (χ2n) is 4.24. The molecule has 0 fully saturated rings. The molecule has 0 amide bonds. The fourth-order valence-electron chi connectivity index (χ4n) is 1.81. The van der Waals surface area contributed by atoms with E-state index in [2.05, 4.69) is 5.32 Å². The summed E-state index contributed by atoms with van der Waals surface area (Å²) >= 11 is 6.07. The van der Waals surface area contributed by atoms with Gasteiger partial charge in [-0.05, 0) is 31.2 Å². The minimum absolute atomic E-state index is 0.0823. The van der Waals surface area contributed by atoms with Crippen LogP contribution in [0, 0.1) is 10.1 Å². The lowest BCUT2D eigenvalue weighted by molar-refractivity contribution is -0.385. The molecular weight excluding hydrogens is 294 g/mol. The SMILES string of the molecule is CCOc1cc(Nc2cc(N)ccc2Cl)ccc1[N+](=O)[O-]. The van der Waals surface area contributed by atoms with Crippen LogP contribution in [0.3, 0.4) is 0 Å². The van der Waals surface area contributed by atoms with Gasteiger partial charge >= 0.3 is 5.69 Å². The number of ether oxygens (including phenoxy) is 1. The molecule has 2 rings (SSSR count). The van der Waals surface area contributed by atoms with E-state index in [0.29, 0.717) is 28.7 Å². The first-order valence-corrected chi connectivity index (χ1v) is 6.62. The van der Waals surface area contributed by atoms with Crippen molar-refractivity contribution in [1.29, 1.82) is 0 Å². The van der Waals surface area contributed by atoms with Crippen molar-refractivity contribution in [2.45, 2.75) is 6.92 Å². The van der Waals surface area contributed by atoms with Crippen LogP contribution in [-0.2, 0) is 0 Å². The zero-order valence-electron chi connectivity index (χ0n) is 11.3. The predicted octanol–water partition coefficient (Wildman–Crippen LogP) is 3.97. The van der Waals surface area contributed by atoms with E-state index in [-0.39, 0.29) is 11.4 Å². The predicted molar refractivity (Wildman–Crippen MR) is 83.4 cm³/mol. The first-order valence-electron chi connectivity index (χ1n) is 6.24. The van der Waals surface area contributed by atoms with Crippen molar-refractivity contribution >= 4 is 34.4 Å². The number of nitrogens with two attached hydrogens (primary N) is 1. The van der Waals surface area contributed by atoms with Gasteiger partial charge < -0.3 is 15.8 Å². The van der Waals surface area contributed by atoms with Crippen LogP contribution < -0.4 is 15.8 Å². The molecule has 0 atom stereocenters. The summed E-state index contributed by atoms with van der Waals surface area (Å²) in [4.78, 5) is 10.4. The third kappa shape index (κ3) is 3.55. The lowest BCUT2D eigenvalue weighted by Crippen LogP contribution is -1.99. The number of nitrogens with one attached hydrogen (secondary N) is 1. The third-order valence-electron chi connectivity index (χ3n) is 2.73. The number of nitro groups is 1. The van der Waals surface area contributed by atoms with Crippen LogP contribution >= 0.6 is 11.6 Å². The molecule has 2 aromatic rings. The van der Waals surface area contributed by atoms with Gasteiger partial charge in [-0.25, -0.2) is 0 Å². The Morgan fingerprint density at radius 2 is 2.10 bits per heavy atom. The normalized spacial score (nSPS) is 10.2. The fourth-order valence-corrected chi connectivity index (χ4v) is 1.97. The molecule has 0 heterocycles. The molecule has 0 aliphatic rings. The molecule has 0 spiro atoms. The zero-order chi connectivity index (χ0) is 15.4. The Kier molecular flexibility index (Phi) is 4.49. The summed E-state index contributed by atoms with van der Waals surface area (Å²) in [6.07, 6.45) is 0. The van der Waals surface area contributed by atoms with Gasteiger partial charge in [-0.2, -0.15) is 0 Å². The van der Waals surface area contributed by atoms with Crippen molar-refractivity contribution in [3.8, 4) is 5.75 Å². The maximum absolute atomic E-state index is 10.9. The van der Waals surface area contributed by atoms with Crippen molar-refractivity contribution in [1.82, 2.24) is 0 Å². The zero-order valence-corrected chi connectivity index (χ0v) is 12.1. The van der Waals surface area contributed by atoms with Gasteiger partial charge in [0.25, 0.3) is 0 Å². The molecule has 6 nitrogen and oxygen atoms in total. The maximum Gasteiger partial charge on any atom is 0.311 e. The van der Waals surface area contributed by atoms with Crippen LogP contribution in [0.25, 0.3) is 0 Å². The number of hydrogen-bond donors (Lipinski definition) is 2. The van der Waals surface area contributed by atoms with Crippen molar-refractivity contribution < 1.29 is 9.66 Å². The number of benzene rings is 2. The Morgan fingerprint density at radius 3 is 2.76 bits per heavy atom. The molecular formula is C14H14ClN3O3. The molecule has 0 saturated heterocycles. The van der Waals surface area contributed by atoms with E-state index in [1.54, 1.807) is 37.3 Å². The highest BCUT2D eigenvalue weighted by Crippen LogP contribution is 2.33. The van der Waals surface area contributed by atoms with Gasteiger partial charge in [0.2, 0.25) is 0 Å². The van der Waals surface area contributed by atoms with Crippen LogP contribution in [0.4, 0.5) is 22.7 Å². The first-order chi connectivity index (χ1) is 10.0. The number of hydrogen-bond acceptors (Lipinski definition) is 5. The number of nitro benzene ring substituents is 1. The first kappa shape index (κ1) is 14.9. The lowest BCUT2D eigenvalue weighted by atomic mass is 10.2. The molecule has 0 aliphatic carbocycles. The van der Waals surface area contributed by atoms with Gasteiger partial charge in [0, 0.05) is 23.5 Å². The minimum atomic E-state index is -0.484. The average molecular weight is 308 g/mol. The van der Waals surface area contributed by atoms with Crippen LogP contribution in [0.15, 0.2) is 36.4 Å². The van der Waals surface area contributed by atoms with Crippen LogP contribution in [0.2, 0.25) is 5.02 Å². The molecule has 3 N–H and O–H groups in total. The summed E-state index contributed by atoms with van der Waals surface area (Å²) in [5.74, 6) is 0.201. The van der Waals surface area contributed by atoms with Gasteiger partial charge in [0.05, 0.1) is 22.2 Å². The van der Waals surface area contributed by atoms with Gasteiger partial charge in [-0.3, -0.25) is 10.1 Å². The van der Waals surface area contributed by atoms with Gasteiger partial charge in [0.1, 0.15) is 0 Å². The lowest BCUT2D eigenvalue weighted by Gasteiger charge is -2.11. The van der Waals surface area contributed by atoms with Crippen LogP contribution in [0.1, 0.15) is 6.92 Å². The smallest absolute Gasteiger partial charge is 0.311 e. The van der Waals surface area contributed by atoms with Crippen molar-refractivity contribution in [2.75, 3.05) is 17.7 Å². The van der Waals surface area contributed by atoms with E-state index in [1.807, 2.05) is 0 Å². The summed E-state index contributed by atoms with van der Waals surface area (Å²) in [7, 11) is 0. The quantitative estimate of drug-likeness (QED) is 0.495. The largest absolute Gasteiger partial charge is 0.487 e. The molecule has 0 saturated carbocycles. The monoisotopic (exact) mass is 307 g/mol. The highest BCUT2D eigenvalue weighted by Gasteiger charge is 2.15. The average Bonchev–Trinajstić information content (AvgIpc) is 2.43. The Hall–Kier alpha value is -2.47. The number of halogens is 1. The standard InChI is InChI=1S/C14H14ClN3O3/c1-2-21-14-8-10(4-6-13(14)18(19)20)17-12-7-9(16)3-5-11(12)15/h3-8,17H,2,16H2,1H3. The van der Waals surface area contributed by atoms with E-state index in [0.717, 1.165) is 0 Å². The Morgan fingerprint density at radius 1 is 1.33 bits per heavy atom. The highest BCUT2D eigenvalue weighted by molar-refractivity contribution is 6.33.